The van der Waals surface area contributed by atoms with E-state index in [-0.39, 0.29) is 23.8 Å². The number of rotatable bonds is 10. The van der Waals surface area contributed by atoms with Crippen LogP contribution in [0.5, 0.6) is 0 Å². The molecule has 2 fully saturated rings. The van der Waals surface area contributed by atoms with Gasteiger partial charge in [-0.3, -0.25) is 4.79 Å². The fraction of sp³-hybridized carbons (Fsp3) is 0.548. The first kappa shape index (κ1) is 27.1. The Labute approximate surface area is 221 Å². The van der Waals surface area contributed by atoms with Gasteiger partial charge in [-0.25, -0.2) is 4.39 Å². The van der Waals surface area contributed by atoms with Crippen molar-refractivity contribution in [3.8, 4) is 6.07 Å². The molecule has 2 aliphatic rings. The molecule has 5 nitrogen and oxygen atoms in total. The molecule has 198 valence electrons. The SMILES string of the molecule is CCCC(CC(C#N)(c1cccc(F)c1)C1CCN(CC2CN(c3ccc(C)cc3)C2)CC1)OC(C)=O. The second-order valence-corrected chi connectivity index (χ2v) is 11.0. The van der Waals surface area contributed by atoms with Crippen LogP contribution >= 0.6 is 0 Å². The minimum absolute atomic E-state index is 0.0795. The van der Waals surface area contributed by atoms with Crippen LogP contribution in [-0.2, 0) is 14.9 Å². The average molecular weight is 506 g/mol. The molecule has 0 radical (unpaired) electrons. The number of piperidine rings is 1. The van der Waals surface area contributed by atoms with Crippen molar-refractivity contribution in [1.29, 1.82) is 5.26 Å². The molecule has 37 heavy (non-hydrogen) atoms. The van der Waals surface area contributed by atoms with Gasteiger partial charge in [-0.1, -0.05) is 43.2 Å². The molecule has 0 spiro atoms. The molecule has 4 rings (SSSR count). The quantitative estimate of drug-likeness (QED) is 0.378. The van der Waals surface area contributed by atoms with Gasteiger partial charge in [0, 0.05) is 44.6 Å². The highest BCUT2D eigenvalue weighted by atomic mass is 19.1. The number of carbonyl (C=O) groups excluding carboxylic acids is 1. The van der Waals surface area contributed by atoms with Crippen LogP contribution in [0.1, 0.15) is 57.1 Å². The van der Waals surface area contributed by atoms with Crippen LogP contribution in [-0.4, -0.2) is 49.7 Å². The van der Waals surface area contributed by atoms with Crippen LogP contribution in [0, 0.1) is 35.9 Å². The highest BCUT2D eigenvalue weighted by molar-refractivity contribution is 5.66. The van der Waals surface area contributed by atoms with E-state index in [0.29, 0.717) is 24.3 Å². The molecule has 0 saturated carbocycles. The molecular weight excluding hydrogens is 465 g/mol. The summed E-state index contributed by atoms with van der Waals surface area (Å²) in [4.78, 5) is 16.8. The third kappa shape index (κ3) is 6.51. The summed E-state index contributed by atoms with van der Waals surface area (Å²) in [6.45, 7) is 10.7. The zero-order valence-electron chi connectivity index (χ0n) is 22.5. The molecule has 2 atom stereocenters. The Balaban J connectivity index is 1.41. The fourth-order valence-electron chi connectivity index (χ4n) is 6.23. The number of halogens is 1. The van der Waals surface area contributed by atoms with Gasteiger partial charge in [0.2, 0.25) is 0 Å². The summed E-state index contributed by atoms with van der Waals surface area (Å²) in [7, 11) is 0. The van der Waals surface area contributed by atoms with Gasteiger partial charge in [0.05, 0.1) is 11.5 Å². The zero-order chi connectivity index (χ0) is 26.4. The predicted octanol–water partition coefficient (Wildman–Crippen LogP) is 5.87. The third-order valence-corrected chi connectivity index (χ3v) is 8.19. The smallest absolute Gasteiger partial charge is 0.302 e. The molecule has 0 N–H and O–H groups in total. The Morgan fingerprint density at radius 1 is 1.19 bits per heavy atom. The molecule has 2 saturated heterocycles. The number of carbonyl (C=O) groups is 1. The maximum atomic E-state index is 14.3. The highest BCUT2D eigenvalue weighted by Gasteiger charge is 2.45. The Bertz CT molecular complexity index is 1080. The zero-order valence-corrected chi connectivity index (χ0v) is 22.5. The van der Waals surface area contributed by atoms with Crippen molar-refractivity contribution in [2.75, 3.05) is 37.6 Å². The van der Waals surface area contributed by atoms with Crippen molar-refractivity contribution in [2.24, 2.45) is 11.8 Å². The second-order valence-electron chi connectivity index (χ2n) is 11.0. The summed E-state index contributed by atoms with van der Waals surface area (Å²) in [5.41, 5.74) is 2.39. The van der Waals surface area contributed by atoms with E-state index in [4.69, 9.17) is 4.74 Å². The number of nitriles is 1. The Morgan fingerprint density at radius 2 is 1.89 bits per heavy atom. The fourth-order valence-corrected chi connectivity index (χ4v) is 6.23. The van der Waals surface area contributed by atoms with E-state index < -0.39 is 5.41 Å². The molecule has 2 aliphatic heterocycles. The number of anilines is 1. The Morgan fingerprint density at radius 3 is 2.49 bits per heavy atom. The van der Waals surface area contributed by atoms with E-state index in [9.17, 15) is 14.4 Å². The van der Waals surface area contributed by atoms with Crippen LogP contribution in [0.15, 0.2) is 48.5 Å². The van der Waals surface area contributed by atoms with Crippen molar-refractivity contribution in [1.82, 2.24) is 4.90 Å². The number of likely N-dealkylation sites (tertiary alicyclic amines) is 1. The lowest BCUT2D eigenvalue weighted by Crippen LogP contribution is -2.53. The lowest BCUT2D eigenvalue weighted by Gasteiger charge is -2.46. The van der Waals surface area contributed by atoms with Gasteiger partial charge in [-0.2, -0.15) is 5.26 Å². The van der Waals surface area contributed by atoms with E-state index in [0.717, 1.165) is 52.0 Å². The Hall–Kier alpha value is -2.91. The first-order valence-corrected chi connectivity index (χ1v) is 13.7. The molecule has 0 bridgehead atoms. The predicted molar refractivity (Wildman–Crippen MR) is 145 cm³/mol. The number of esters is 1. The summed E-state index contributed by atoms with van der Waals surface area (Å²) in [5.74, 6) is 0.0624. The minimum atomic E-state index is -0.887. The molecule has 0 aliphatic carbocycles. The molecule has 0 amide bonds. The normalized spacial score (nSPS) is 19.5. The molecule has 0 aromatic heterocycles. The molecular formula is C31H40FN3O2. The van der Waals surface area contributed by atoms with Crippen molar-refractivity contribution < 1.29 is 13.9 Å². The van der Waals surface area contributed by atoms with Gasteiger partial charge in [0.25, 0.3) is 0 Å². The number of aryl methyl sites for hydroxylation is 1. The van der Waals surface area contributed by atoms with Crippen LogP contribution in [0.2, 0.25) is 0 Å². The molecule has 2 aromatic rings. The van der Waals surface area contributed by atoms with Gasteiger partial charge >= 0.3 is 5.97 Å². The largest absolute Gasteiger partial charge is 0.462 e. The van der Waals surface area contributed by atoms with Gasteiger partial charge in [0.15, 0.2) is 0 Å². The van der Waals surface area contributed by atoms with Gasteiger partial charge in [-0.05, 0) is 75.0 Å². The average Bonchev–Trinajstić information content (AvgIpc) is 2.85. The lowest BCUT2D eigenvalue weighted by atomic mass is 9.64. The lowest BCUT2D eigenvalue weighted by molar-refractivity contribution is -0.147. The topological polar surface area (TPSA) is 56.6 Å². The molecule has 2 aromatic carbocycles. The number of ether oxygens (including phenoxy) is 1. The van der Waals surface area contributed by atoms with Crippen molar-refractivity contribution in [3.63, 3.8) is 0 Å². The summed E-state index contributed by atoms with van der Waals surface area (Å²) >= 11 is 0. The first-order valence-electron chi connectivity index (χ1n) is 13.7. The monoisotopic (exact) mass is 505 g/mol. The summed E-state index contributed by atoms with van der Waals surface area (Å²) in [5, 5.41) is 10.6. The Kier molecular flexibility index (Phi) is 8.87. The van der Waals surface area contributed by atoms with Crippen LogP contribution in [0.25, 0.3) is 0 Å². The standard InChI is InChI=1S/C31H40FN3O2/c1-4-6-30(37-24(3)36)18-31(22-33,27-7-5-8-28(32)17-27)26-13-15-34(16-14-26)19-25-20-35(21-25)29-11-9-23(2)10-12-29/h5,7-12,17,25-26,30H,4,6,13-16,18-21H2,1-3H3. The van der Waals surface area contributed by atoms with Crippen LogP contribution < -0.4 is 4.90 Å². The van der Waals surface area contributed by atoms with Crippen LogP contribution in [0.3, 0.4) is 0 Å². The van der Waals surface area contributed by atoms with Crippen molar-refractivity contribution in [3.05, 3.63) is 65.5 Å². The van der Waals surface area contributed by atoms with Crippen molar-refractivity contribution >= 4 is 11.7 Å². The summed E-state index contributed by atoms with van der Waals surface area (Å²) < 4.78 is 20.0. The van der Waals surface area contributed by atoms with E-state index >= 15 is 0 Å². The molecule has 2 unspecified atom stereocenters. The third-order valence-electron chi connectivity index (χ3n) is 8.19. The second kappa shape index (κ2) is 12.1. The molecule has 2 heterocycles. The highest BCUT2D eigenvalue weighted by Crippen LogP contribution is 2.43. The summed E-state index contributed by atoms with van der Waals surface area (Å²) in [6, 6.07) is 17.8. The number of hydrogen-bond donors (Lipinski definition) is 0. The van der Waals surface area contributed by atoms with Gasteiger partial charge in [-0.15, -0.1) is 0 Å². The van der Waals surface area contributed by atoms with E-state index in [1.165, 1.54) is 30.3 Å². The maximum absolute atomic E-state index is 14.3. The minimum Gasteiger partial charge on any atom is -0.462 e. The maximum Gasteiger partial charge on any atom is 0.302 e. The van der Waals surface area contributed by atoms with E-state index in [1.54, 1.807) is 6.07 Å². The summed E-state index contributed by atoms with van der Waals surface area (Å²) in [6.07, 6.45) is 3.33. The van der Waals surface area contributed by atoms with E-state index in [1.807, 2.05) is 13.0 Å². The number of benzene rings is 2. The van der Waals surface area contributed by atoms with Gasteiger partial charge in [0.1, 0.15) is 11.9 Å². The van der Waals surface area contributed by atoms with E-state index in [2.05, 4.69) is 47.1 Å². The number of nitrogens with zero attached hydrogens (tertiary/aromatic N) is 3. The van der Waals surface area contributed by atoms with Crippen LogP contribution in [0.4, 0.5) is 10.1 Å². The first-order chi connectivity index (χ1) is 17.8. The number of hydrogen-bond acceptors (Lipinski definition) is 5. The van der Waals surface area contributed by atoms with Gasteiger partial charge < -0.3 is 14.5 Å². The molecule has 6 heteroatoms. The van der Waals surface area contributed by atoms with Crippen molar-refractivity contribution in [2.45, 2.75) is 64.4 Å².